The van der Waals surface area contributed by atoms with Gasteiger partial charge in [-0.2, -0.15) is 5.10 Å². The van der Waals surface area contributed by atoms with Crippen molar-refractivity contribution in [2.75, 3.05) is 13.7 Å². The Morgan fingerprint density at radius 2 is 2.18 bits per heavy atom. The molecule has 28 heavy (non-hydrogen) atoms. The van der Waals surface area contributed by atoms with Crippen molar-refractivity contribution in [2.45, 2.75) is 19.4 Å². The maximum absolute atomic E-state index is 12.7. The first-order valence-corrected chi connectivity index (χ1v) is 9.39. The molecule has 1 amide bonds. The van der Waals surface area contributed by atoms with Crippen LogP contribution in [0.5, 0.6) is 11.5 Å². The third kappa shape index (κ3) is 4.01. The summed E-state index contributed by atoms with van der Waals surface area (Å²) in [5.74, 6) is 1.63. The van der Waals surface area contributed by atoms with Crippen molar-refractivity contribution in [3.63, 3.8) is 0 Å². The van der Waals surface area contributed by atoms with Crippen molar-refractivity contribution in [2.24, 2.45) is 5.92 Å². The second-order valence-electron chi connectivity index (χ2n) is 6.86. The third-order valence-corrected chi connectivity index (χ3v) is 4.95. The van der Waals surface area contributed by atoms with Crippen LogP contribution in [0.3, 0.4) is 0 Å². The molecule has 0 bridgehead atoms. The van der Waals surface area contributed by atoms with Gasteiger partial charge in [-0.05, 0) is 36.6 Å². The number of hydrogen-bond donors (Lipinski definition) is 1. The number of carbonyl (C=O) groups is 1. The summed E-state index contributed by atoms with van der Waals surface area (Å²) in [6.07, 6.45) is 5.10. The fourth-order valence-electron chi connectivity index (χ4n) is 3.39. The molecule has 6 nitrogen and oxygen atoms in total. The van der Waals surface area contributed by atoms with E-state index in [2.05, 4.69) is 10.4 Å². The molecule has 1 atom stereocenters. The Morgan fingerprint density at radius 1 is 1.29 bits per heavy atom. The molecule has 0 saturated carbocycles. The van der Waals surface area contributed by atoms with Crippen molar-refractivity contribution in [3.8, 4) is 17.2 Å². The first kappa shape index (κ1) is 18.1. The SMILES string of the molecule is COc1cccc(-n2cc(CNC(=O)[C@H]3CCOc4ccccc4C3)cn2)c1. The smallest absolute Gasteiger partial charge is 0.223 e. The number of carbonyl (C=O) groups excluding carboxylic acids is 1. The lowest BCUT2D eigenvalue weighted by Crippen LogP contribution is -2.31. The van der Waals surface area contributed by atoms with Crippen molar-refractivity contribution < 1.29 is 14.3 Å². The van der Waals surface area contributed by atoms with Crippen LogP contribution >= 0.6 is 0 Å². The van der Waals surface area contributed by atoms with Gasteiger partial charge in [-0.15, -0.1) is 0 Å². The quantitative estimate of drug-likeness (QED) is 0.742. The minimum Gasteiger partial charge on any atom is -0.497 e. The highest BCUT2D eigenvalue weighted by molar-refractivity contribution is 5.79. The second kappa shape index (κ2) is 8.17. The predicted octanol–water partition coefficient (Wildman–Crippen LogP) is 3.14. The first-order chi connectivity index (χ1) is 13.7. The lowest BCUT2D eigenvalue weighted by atomic mass is 9.96. The molecule has 0 spiro atoms. The fraction of sp³-hybridized carbons (Fsp3) is 0.273. The van der Waals surface area contributed by atoms with Crippen LogP contribution in [0.25, 0.3) is 5.69 Å². The monoisotopic (exact) mass is 377 g/mol. The summed E-state index contributed by atoms with van der Waals surface area (Å²) in [7, 11) is 1.64. The maximum atomic E-state index is 12.7. The van der Waals surface area contributed by atoms with Gasteiger partial charge in [0, 0.05) is 30.3 Å². The highest BCUT2D eigenvalue weighted by Gasteiger charge is 2.23. The molecule has 0 radical (unpaired) electrons. The molecule has 1 N–H and O–H groups in total. The van der Waals surface area contributed by atoms with Crippen LogP contribution in [0.1, 0.15) is 17.5 Å². The Morgan fingerprint density at radius 3 is 3.07 bits per heavy atom. The van der Waals surface area contributed by atoms with Crippen molar-refractivity contribution in [1.82, 2.24) is 15.1 Å². The zero-order chi connectivity index (χ0) is 19.3. The number of nitrogens with one attached hydrogen (secondary N) is 1. The number of hydrogen-bond acceptors (Lipinski definition) is 4. The Bertz CT molecular complexity index is 967. The summed E-state index contributed by atoms with van der Waals surface area (Å²) in [6.45, 7) is 1.00. The molecule has 6 heteroatoms. The molecule has 0 saturated heterocycles. The largest absolute Gasteiger partial charge is 0.497 e. The molecule has 0 unspecified atom stereocenters. The van der Waals surface area contributed by atoms with E-state index in [9.17, 15) is 4.79 Å². The summed E-state index contributed by atoms with van der Waals surface area (Å²) in [6, 6.07) is 15.6. The molecule has 2 aromatic carbocycles. The Labute approximate surface area is 164 Å². The zero-order valence-corrected chi connectivity index (χ0v) is 15.8. The van der Waals surface area contributed by atoms with Crippen LogP contribution in [-0.4, -0.2) is 29.4 Å². The predicted molar refractivity (Wildman–Crippen MR) is 106 cm³/mol. The third-order valence-electron chi connectivity index (χ3n) is 4.95. The second-order valence-corrected chi connectivity index (χ2v) is 6.86. The minimum atomic E-state index is -0.0860. The van der Waals surface area contributed by atoms with Crippen LogP contribution in [0.2, 0.25) is 0 Å². The molecular weight excluding hydrogens is 354 g/mol. The van der Waals surface area contributed by atoms with Gasteiger partial charge in [-0.25, -0.2) is 4.68 Å². The molecule has 1 aliphatic rings. The van der Waals surface area contributed by atoms with E-state index < -0.39 is 0 Å². The van der Waals surface area contributed by atoms with Crippen LogP contribution < -0.4 is 14.8 Å². The molecule has 2 heterocycles. The van der Waals surface area contributed by atoms with Gasteiger partial charge in [-0.1, -0.05) is 24.3 Å². The van der Waals surface area contributed by atoms with E-state index in [4.69, 9.17) is 9.47 Å². The summed E-state index contributed by atoms with van der Waals surface area (Å²) in [5.41, 5.74) is 2.95. The summed E-state index contributed by atoms with van der Waals surface area (Å²) >= 11 is 0. The van der Waals surface area contributed by atoms with E-state index in [1.807, 2.05) is 54.7 Å². The highest BCUT2D eigenvalue weighted by Crippen LogP contribution is 2.26. The van der Waals surface area contributed by atoms with Crippen molar-refractivity contribution in [3.05, 3.63) is 72.1 Å². The number of fused-ring (bicyclic) bond motifs is 1. The van der Waals surface area contributed by atoms with Crippen LogP contribution in [0.15, 0.2) is 60.9 Å². The summed E-state index contributed by atoms with van der Waals surface area (Å²) in [5, 5.41) is 7.43. The molecule has 3 aromatic rings. The van der Waals surface area contributed by atoms with Crippen LogP contribution in [-0.2, 0) is 17.8 Å². The average Bonchev–Trinajstić information content (AvgIpc) is 3.10. The maximum Gasteiger partial charge on any atom is 0.223 e. The molecule has 0 fully saturated rings. The lowest BCUT2D eigenvalue weighted by Gasteiger charge is -2.13. The average molecular weight is 377 g/mol. The topological polar surface area (TPSA) is 65.4 Å². The molecule has 4 rings (SSSR count). The van der Waals surface area contributed by atoms with Crippen LogP contribution in [0, 0.1) is 5.92 Å². The Kier molecular flexibility index (Phi) is 5.28. The van der Waals surface area contributed by atoms with Gasteiger partial charge in [0.1, 0.15) is 11.5 Å². The van der Waals surface area contributed by atoms with Crippen molar-refractivity contribution >= 4 is 5.91 Å². The number of para-hydroxylation sites is 1. The van der Waals surface area contributed by atoms with Gasteiger partial charge in [0.2, 0.25) is 5.91 Å². The van der Waals surface area contributed by atoms with Gasteiger partial charge in [-0.3, -0.25) is 4.79 Å². The number of methoxy groups -OCH3 is 1. The number of aromatic nitrogens is 2. The van der Waals surface area contributed by atoms with Gasteiger partial charge in [0.05, 0.1) is 25.6 Å². The number of rotatable bonds is 5. The van der Waals surface area contributed by atoms with E-state index >= 15 is 0 Å². The normalized spacial score (nSPS) is 15.8. The first-order valence-electron chi connectivity index (χ1n) is 9.39. The van der Waals surface area contributed by atoms with E-state index in [0.717, 1.165) is 28.3 Å². The molecule has 1 aliphatic heterocycles. The van der Waals surface area contributed by atoms with Crippen molar-refractivity contribution in [1.29, 1.82) is 0 Å². The highest BCUT2D eigenvalue weighted by atomic mass is 16.5. The van der Waals surface area contributed by atoms with Gasteiger partial charge in [0.15, 0.2) is 0 Å². The number of ether oxygens (including phenoxy) is 2. The van der Waals surface area contributed by atoms with E-state index in [1.54, 1.807) is 18.0 Å². The fourth-order valence-corrected chi connectivity index (χ4v) is 3.39. The molecule has 0 aliphatic carbocycles. The summed E-state index contributed by atoms with van der Waals surface area (Å²) in [4.78, 5) is 12.7. The Hall–Kier alpha value is -3.28. The zero-order valence-electron chi connectivity index (χ0n) is 15.8. The van der Waals surface area contributed by atoms with E-state index in [-0.39, 0.29) is 11.8 Å². The van der Waals surface area contributed by atoms with E-state index in [1.165, 1.54) is 0 Å². The lowest BCUT2D eigenvalue weighted by molar-refractivity contribution is -0.125. The van der Waals surface area contributed by atoms with Gasteiger partial charge >= 0.3 is 0 Å². The molecular formula is C22H23N3O3. The Balaban J connectivity index is 1.38. The molecule has 1 aromatic heterocycles. The molecule has 144 valence electrons. The van der Waals surface area contributed by atoms with Crippen LogP contribution in [0.4, 0.5) is 0 Å². The standard InChI is InChI=1S/C22H23N3O3/c1-27-20-7-4-6-19(12-20)25-15-16(14-24-25)13-23-22(26)18-9-10-28-21-8-3-2-5-17(21)11-18/h2-8,12,14-15,18H,9-11,13H2,1H3,(H,23,26)/t18-/m0/s1. The minimum absolute atomic E-state index is 0.0504. The number of nitrogens with zero attached hydrogens (tertiary/aromatic N) is 2. The van der Waals surface area contributed by atoms with E-state index in [0.29, 0.717) is 26.0 Å². The summed E-state index contributed by atoms with van der Waals surface area (Å²) < 4.78 is 12.8. The number of amides is 1. The number of benzene rings is 2. The van der Waals surface area contributed by atoms with Gasteiger partial charge in [0.25, 0.3) is 0 Å². The van der Waals surface area contributed by atoms with Gasteiger partial charge < -0.3 is 14.8 Å².